The molecule has 0 spiro atoms. The topological polar surface area (TPSA) is 29.1 Å². The lowest BCUT2D eigenvalue weighted by atomic mass is 10.1. The molecule has 3 heteroatoms. The molecule has 0 radical (unpaired) electrons. The van der Waals surface area contributed by atoms with E-state index in [0.717, 1.165) is 10.3 Å². The number of Topliss-reactive ketones (excluding diaryl/α,β-unsaturated/α-hetero) is 1. The maximum atomic E-state index is 12.0. The first-order valence-electron chi connectivity index (χ1n) is 5.57. The predicted octanol–water partition coefficient (Wildman–Crippen LogP) is 2.84. The minimum atomic E-state index is 0.208. The maximum absolute atomic E-state index is 12.0. The van der Waals surface area contributed by atoms with Crippen LogP contribution >= 0.6 is 11.3 Å². The lowest BCUT2D eigenvalue weighted by molar-refractivity contribution is 0.0992. The van der Waals surface area contributed by atoms with Crippen LogP contribution in [0, 0.1) is 0 Å². The normalized spacial score (nSPS) is 15.5. The third kappa shape index (κ3) is 1.88. The average Bonchev–Trinajstić information content (AvgIpc) is 3.01. The summed E-state index contributed by atoms with van der Waals surface area (Å²) in [4.78, 5) is 12.0. The minimum Gasteiger partial charge on any atom is -0.307 e. The highest BCUT2D eigenvalue weighted by Gasteiger charge is 2.21. The van der Waals surface area contributed by atoms with Gasteiger partial charge in [0.05, 0.1) is 6.54 Å². The van der Waals surface area contributed by atoms with E-state index in [2.05, 4.69) is 17.4 Å². The van der Waals surface area contributed by atoms with Crippen molar-refractivity contribution < 1.29 is 4.79 Å². The Bertz CT molecular complexity index is 527. The van der Waals surface area contributed by atoms with E-state index in [0.29, 0.717) is 12.6 Å². The van der Waals surface area contributed by atoms with Gasteiger partial charge in [0.25, 0.3) is 0 Å². The van der Waals surface area contributed by atoms with Crippen LogP contribution in [0.3, 0.4) is 0 Å². The number of benzene rings is 1. The molecule has 1 N–H and O–H groups in total. The number of hydrogen-bond acceptors (Lipinski definition) is 3. The molecular weight excluding hydrogens is 218 g/mol. The largest absolute Gasteiger partial charge is 0.307 e. The van der Waals surface area contributed by atoms with Crippen LogP contribution < -0.4 is 5.32 Å². The number of ketones is 1. The Kier molecular flexibility index (Phi) is 2.50. The van der Waals surface area contributed by atoms with E-state index < -0.39 is 0 Å². The van der Waals surface area contributed by atoms with Crippen molar-refractivity contribution in [1.82, 2.24) is 5.32 Å². The molecule has 82 valence electrons. The van der Waals surface area contributed by atoms with Gasteiger partial charge in [-0.05, 0) is 35.7 Å². The standard InChI is InChI=1S/C13H13NOS/c15-12(8-14-10-4-5-10)11-3-1-2-9-6-7-16-13(9)11/h1-3,6-7,10,14H,4-5,8H2. The van der Waals surface area contributed by atoms with Gasteiger partial charge in [-0.3, -0.25) is 4.79 Å². The van der Waals surface area contributed by atoms with Gasteiger partial charge in [0.2, 0.25) is 0 Å². The molecule has 1 heterocycles. The first-order chi connectivity index (χ1) is 7.84. The molecule has 16 heavy (non-hydrogen) atoms. The minimum absolute atomic E-state index is 0.208. The number of carbonyl (C=O) groups excluding carboxylic acids is 1. The zero-order valence-corrected chi connectivity index (χ0v) is 9.72. The van der Waals surface area contributed by atoms with Gasteiger partial charge in [0, 0.05) is 16.3 Å². The van der Waals surface area contributed by atoms with Crippen LogP contribution in [0.5, 0.6) is 0 Å². The zero-order chi connectivity index (χ0) is 11.0. The molecule has 1 fully saturated rings. The van der Waals surface area contributed by atoms with Crippen LogP contribution in [0.4, 0.5) is 0 Å². The molecule has 1 aliphatic rings. The summed E-state index contributed by atoms with van der Waals surface area (Å²) in [5.41, 5.74) is 0.862. The summed E-state index contributed by atoms with van der Waals surface area (Å²) in [5, 5.41) is 6.47. The van der Waals surface area contributed by atoms with Crippen molar-refractivity contribution in [3.05, 3.63) is 35.2 Å². The smallest absolute Gasteiger partial charge is 0.178 e. The molecular formula is C13H13NOS. The van der Waals surface area contributed by atoms with Gasteiger partial charge in [-0.2, -0.15) is 0 Å². The molecule has 1 aromatic carbocycles. The second kappa shape index (κ2) is 4.00. The van der Waals surface area contributed by atoms with E-state index in [1.807, 2.05) is 17.5 Å². The molecule has 3 rings (SSSR count). The summed E-state index contributed by atoms with van der Waals surface area (Å²) in [7, 11) is 0. The molecule has 0 bridgehead atoms. The fraction of sp³-hybridized carbons (Fsp3) is 0.308. The van der Waals surface area contributed by atoms with E-state index in [9.17, 15) is 4.79 Å². The maximum Gasteiger partial charge on any atom is 0.178 e. The first kappa shape index (κ1) is 10.00. The quantitative estimate of drug-likeness (QED) is 0.820. The zero-order valence-electron chi connectivity index (χ0n) is 8.90. The summed E-state index contributed by atoms with van der Waals surface area (Å²) < 4.78 is 1.12. The van der Waals surface area contributed by atoms with Crippen LogP contribution in [0.1, 0.15) is 23.2 Å². The predicted molar refractivity (Wildman–Crippen MR) is 67.2 cm³/mol. The Morgan fingerprint density at radius 2 is 2.25 bits per heavy atom. The number of nitrogens with one attached hydrogen (secondary N) is 1. The Labute approximate surface area is 98.3 Å². The molecule has 0 aliphatic heterocycles. The number of rotatable bonds is 4. The van der Waals surface area contributed by atoms with Crippen LogP contribution in [0.25, 0.3) is 10.1 Å². The van der Waals surface area contributed by atoms with Crippen molar-refractivity contribution in [1.29, 1.82) is 0 Å². The van der Waals surface area contributed by atoms with E-state index in [1.54, 1.807) is 11.3 Å². The van der Waals surface area contributed by atoms with E-state index in [-0.39, 0.29) is 5.78 Å². The summed E-state index contributed by atoms with van der Waals surface area (Å²) >= 11 is 1.64. The third-order valence-electron chi connectivity index (χ3n) is 2.91. The first-order valence-corrected chi connectivity index (χ1v) is 6.45. The van der Waals surface area contributed by atoms with Crippen molar-refractivity contribution in [2.45, 2.75) is 18.9 Å². The summed E-state index contributed by atoms with van der Waals surface area (Å²) in [6.45, 7) is 0.474. The third-order valence-corrected chi connectivity index (χ3v) is 3.87. The Hall–Kier alpha value is -1.19. The monoisotopic (exact) mass is 231 g/mol. The van der Waals surface area contributed by atoms with Crippen LogP contribution in [-0.4, -0.2) is 18.4 Å². The SMILES string of the molecule is O=C(CNC1CC1)c1cccc2ccsc12. The molecule has 2 aromatic rings. The number of carbonyl (C=O) groups is 1. The van der Waals surface area contributed by atoms with Crippen molar-refractivity contribution in [2.75, 3.05) is 6.54 Å². The highest BCUT2D eigenvalue weighted by Crippen LogP contribution is 2.25. The van der Waals surface area contributed by atoms with Crippen LogP contribution in [0.15, 0.2) is 29.6 Å². The van der Waals surface area contributed by atoms with Crippen molar-refractivity contribution in [2.24, 2.45) is 0 Å². The fourth-order valence-electron chi connectivity index (χ4n) is 1.83. The Morgan fingerprint density at radius 3 is 3.06 bits per heavy atom. The van der Waals surface area contributed by atoms with Crippen molar-refractivity contribution in [3.8, 4) is 0 Å². The molecule has 0 amide bonds. The average molecular weight is 231 g/mol. The van der Waals surface area contributed by atoms with Gasteiger partial charge in [-0.25, -0.2) is 0 Å². The molecule has 0 saturated heterocycles. The van der Waals surface area contributed by atoms with Gasteiger partial charge in [0.15, 0.2) is 5.78 Å². The molecule has 1 aromatic heterocycles. The lowest BCUT2D eigenvalue weighted by Gasteiger charge is -2.03. The summed E-state index contributed by atoms with van der Waals surface area (Å²) in [6, 6.07) is 8.59. The molecule has 0 unspecified atom stereocenters. The lowest BCUT2D eigenvalue weighted by Crippen LogP contribution is -2.24. The van der Waals surface area contributed by atoms with E-state index in [4.69, 9.17) is 0 Å². The van der Waals surface area contributed by atoms with Gasteiger partial charge in [-0.1, -0.05) is 12.1 Å². The van der Waals surface area contributed by atoms with E-state index >= 15 is 0 Å². The molecule has 2 nitrogen and oxygen atoms in total. The van der Waals surface area contributed by atoms with Crippen LogP contribution in [-0.2, 0) is 0 Å². The molecule has 1 saturated carbocycles. The number of thiophene rings is 1. The van der Waals surface area contributed by atoms with Crippen molar-refractivity contribution in [3.63, 3.8) is 0 Å². The van der Waals surface area contributed by atoms with Crippen LogP contribution in [0.2, 0.25) is 0 Å². The highest BCUT2D eigenvalue weighted by atomic mass is 32.1. The molecule has 1 aliphatic carbocycles. The van der Waals surface area contributed by atoms with Crippen molar-refractivity contribution >= 4 is 27.2 Å². The second-order valence-corrected chi connectivity index (χ2v) is 5.14. The molecule has 0 atom stereocenters. The van der Waals surface area contributed by atoms with E-state index in [1.165, 1.54) is 18.2 Å². The number of fused-ring (bicyclic) bond motifs is 1. The van der Waals surface area contributed by atoms with Gasteiger partial charge < -0.3 is 5.32 Å². The summed E-state index contributed by atoms with van der Waals surface area (Å²) in [6.07, 6.45) is 2.44. The fourth-order valence-corrected chi connectivity index (χ4v) is 2.76. The summed E-state index contributed by atoms with van der Waals surface area (Å²) in [5.74, 6) is 0.208. The van der Waals surface area contributed by atoms with Gasteiger partial charge in [0.1, 0.15) is 0 Å². The van der Waals surface area contributed by atoms with Gasteiger partial charge in [-0.15, -0.1) is 11.3 Å². The van der Waals surface area contributed by atoms with Gasteiger partial charge >= 0.3 is 0 Å². The Balaban J connectivity index is 1.85. The Morgan fingerprint density at radius 1 is 1.38 bits per heavy atom. The number of hydrogen-bond donors (Lipinski definition) is 1. The second-order valence-electron chi connectivity index (χ2n) is 4.22. The highest BCUT2D eigenvalue weighted by molar-refractivity contribution is 7.17.